The standard InChI is InChI=1S/C41H39N8O2/c50-37(49-19-13-29(14-20-49)28-4-8-31(9-5-28)39-43-16-1-17-44-39)25-48-21-15-41(26-48,24-27-2-3-27)40(51)45-33-10-11-35-34(23-33)38(47-46-35)32-12-18-42-36(22-32)30-6-7-30/h1-5,8-13,16-18,22-23,30H,6-7,14-15,19-21,24-26H2,(H,45,51)(H,46,47)/t41-/m0/s1. The van der Waals surface area contributed by atoms with Gasteiger partial charge in [-0.3, -0.25) is 24.6 Å². The van der Waals surface area contributed by atoms with E-state index in [4.69, 9.17) is 0 Å². The molecule has 1 atom stereocenters. The number of anilines is 1. The highest BCUT2D eigenvalue weighted by molar-refractivity contribution is 6.00. The van der Waals surface area contributed by atoms with E-state index >= 15 is 0 Å². The Balaban J connectivity index is 0.850. The van der Waals surface area contributed by atoms with E-state index in [1.165, 1.54) is 24.0 Å². The summed E-state index contributed by atoms with van der Waals surface area (Å²) in [6, 6.07) is 20.2. The van der Waals surface area contributed by atoms with Gasteiger partial charge in [-0.1, -0.05) is 42.0 Å². The highest BCUT2D eigenvalue weighted by Crippen LogP contribution is 2.43. The average molecular weight is 676 g/mol. The molecule has 9 rings (SSSR count). The van der Waals surface area contributed by atoms with Gasteiger partial charge in [0.05, 0.1) is 17.5 Å². The topological polar surface area (TPSA) is 120 Å². The van der Waals surface area contributed by atoms with Crippen molar-refractivity contribution in [2.24, 2.45) is 5.41 Å². The van der Waals surface area contributed by atoms with Crippen molar-refractivity contribution < 1.29 is 9.59 Å². The number of amides is 2. The van der Waals surface area contributed by atoms with Crippen LogP contribution in [0.1, 0.15) is 49.3 Å². The largest absolute Gasteiger partial charge is 0.338 e. The number of rotatable bonds is 10. The van der Waals surface area contributed by atoms with Crippen LogP contribution in [-0.2, 0) is 9.59 Å². The van der Waals surface area contributed by atoms with Crippen molar-refractivity contribution in [2.45, 2.75) is 38.0 Å². The molecule has 2 fully saturated rings. The number of benzene rings is 2. The Labute approximate surface area is 296 Å². The number of nitrogens with zero attached hydrogens (tertiary/aromatic N) is 6. The van der Waals surface area contributed by atoms with E-state index in [-0.39, 0.29) is 11.8 Å². The number of aromatic amines is 1. The van der Waals surface area contributed by atoms with Crippen LogP contribution in [0.5, 0.6) is 0 Å². The van der Waals surface area contributed by atoms with Gasteiger partial charge in [0.2, 0.25) is 11.8 Å². The first kappa shape index (κ1) is 31.5. The summed E-state index contributed by atoms with van der Waals surface area (Å²) in [6.07, 6.45) is 16.2. The molecule has 2 amide bonds. The second kappa shape index (κ2) is 13.0. The van der Waals surface area contributed by atoms with Crippen molar-refractivity contribution in [1.29, 1.82) is 0 Å². The summed E-state index contributed by atoms with van der Waals surface area (Å²) in [6.45, 7) is 2.82. The molecular weight excluding hydrogens is 637 g/mol. The van der Waals surface area contributed by atoms with Crippen LogP contribution in [0.4, 0.5) is 5.69 Å². The molecule has 2 aliphatic heterocycles. The number of carbonyl (C=O) groups is 2. The van der Waals surface area contributed by atoms with Crippen molar-refractivity contribution in [1.82, 2.24) is 34.9 Å². The van der Waals surface area contributed by atoms with Crippen molar-refractivity contribution in [2.75, 3.05) is 38.0 Å². The maximum atomic E-state index is 14.1. The summed E-state index contributed by atoms with van der Waals surface area (Å²) in [5.74, 6) is 1.37. The molecule has 10 nitrogen and oxygen atoms in total. The number of H-pyrrole nitrogens is 1. The smallest absolute Gasteiger partial charge is 0.237 e. The van der Waals surface area contributed by atoms with Crippen LogP contribution in [0.3, 0.4) is 0 Å². The molecular formula is C41H39N8O2. The number of likely N-dealkylation sites (tertiary alicyclic amines) is 1. The van der Waals surface area contributed by atoms with Gasteiger partial charge in [-0.05, 0) is 86.2 Å². The zero-order valence-corrected chi connectivity index (χ0v) is 28.4. The fourth-order valence-electron chi connectivity index (χ4n) is 7.57. The lowest BCUT2D eigenvalue weighted by Gasteiger charge is -2.30. The lowest BCUT2D eigenvalue weighted by Crippen LogP contribution is -2.43. The number of carbonyl (C=O) groups excluding carboxylic acids is 2. The van der Waals surface area contributed by atoms with E-state index in [0.29, 0.717) is 57.3 Å². The van der Waals surface area contributed by atoms with Crippen LogP contribution in [-0.4, -0.2) is 79.5 Å². The Kier molecular flexibility index (Phi) is 8.03. The quantitative estimate of drug-likeness (QED) is 0.175. The van der Waals surface area contributed by atoms with Crippen LogP contribution >= 0.6 is 0 Å². The molecule has 1 radical (unpaired) electrons. The molecule has 255 valence electrons. The Morgan fingerprint density at radius 2 is 1.75 bits per heavy atom. The van der Waals surface area contributed by atoms with E-state index in [2.05, 4.69) is 72.1 Å². The lowest BCUT2D eigenvalue weighted by molar-refractivity contribution is -0.132. The number of nitrogens with one attached hydrogen (secondary N) is 2. The first-order chi connectivity index (χ1) is 25.0. The highest BCUT2D eigenvalue weighted by Gasteiger charge is 2.46. The number of allylic oxidation sites excluding steroid dienone is 2. The zero-order chi connectivity index (χ0) is 34.4. The summed E-state index contributed by atoms with van der Waals surface area (Å²) < 4.78 is 0. The number of fused-ring (bicyclic) bond motifs is 1. The first-order valence-corrected chi connectivity index (χ1v) is 17.9. The van der Waals surface area contributed by atoms with Crippen LogP contribution < -0.4 is 5.32 Å². The summed E-state index contributed by atoms with van der Waals surface area (Å²) in [5, 5.41) is 12.0. The van der Waals surface area contributed by atoms with Gasteiger partial charge < -0.3 is 10.2 Å². The Morgan fingerprint density at radius 1 is 0.922 bits per heavy atom. The highest BCUT2D eigenvalue weighted by atomic mass is 16.2. The van der Waals surface area contributed by atoms with E-state index in [9.17, 15) is 9.59 Å². The average Bonchev–Trinajstić information content (AvgIpc) is 4.11. The molecule has 0 spiro atoms. The molecule has 0 bridgehead atoms. The van der Waals surface area contributed by atoms with Gasteiger partial charge in [-0.25, -0.2) is 9.97 Å². The maximum absolute atomic E-state index is 14.1. The van der Waals surface area contributed by atoms with Crippen LogP contribution in [0.2, 0.25) is 0 Å². The second-order valence-corrected chi connectivity index (χ2v) is 14.3. The van der Waals surface area contributed by atoms with Gasteiger partial charge in [0.1, 0.15) is 5.69 Å². The number of pyridine rings is 1. The third kappa shape index (κ3) is 6.59. The van der Waals surface area contributed by atoms with Crippen LogP contribution in [0.25, 0.3) is 39.1 Å². The lowest BCUT2D eigenvalue weighted by atomic mass is 9.81. The van der Waals surface area contributed by atoms with Crippen molar-refractivity contribution in [3.63, 3.8) is 0 Å². The molecule has 1 saturated heterocycles. The molecule has 51 heavy (non-hydrogen) atoms. The molecule has 5 heterocycles. The monoisotopic (exact) mass is 675 g/mol. The summed E-state index contributed by atoms with van der Waals surface area (Å²) in [5.41, 5.74) is 8.65. The summed E-state index contributed by atoms with van der Waals surface area (Å²) >= 11 is 0. The minimum absolute atomic E-state index is 0.00151. The fourth-order valence-corrected chi connectivity index (χ4v) is 7.57. The zero-order valence-electron chi connectivity index (χ0n) is 28.4. The molecule has 4 aliphatic rings. The van der Waals surface area contributed by atoms with Crippen molar-refractivity contribution in [3.05, 3.63) is 115 Å². The minimum Gasteiger partial charge on any atom is -0.338 e. The molecule has 3 aromatic heterocycles. The predicted molar refractivity (Wildman–Crippen MR) is 197 cm³/mol. The molecule has 10 heteroatoms. The van der Waals surface area contributed by atoms with E-state index in [0.717, 1.165) is 51.1 Å². The second-order valence-electron chi connectivity index (χ2n) is 14.3. The molecule has 0 unspecified atom stereocenters. The third-order valence-corrected chi connectivity index (χ3v) is 10.7. The van der Waals surface area contributed by atoms with E-state index < -0.39 is 5.41 Å². The molecule has 2 aromatic carbocycles. The van der Waals surface area contributed by atoms with E-state index in [1.807, 2.05) is 53.6 Å². The van der Waals surface area contributed by atoms with Crippen molar-refractivity contribution >= 4 is 34.0 Å². The van der Waals surface area contributed by atoms with Crippen molar-refractivity contribution in [3.8, 4) is 22.6 Å². The van der Waals surface area contributed by atoms with Gasteiger partial charge >= 0.3 is 0 Å². The molecule has 1 saturated carbocycles. The minimum atomic E-state index is -0.608. The Morgan fingerprint density at radius 3 is 2.51 bits per heavy atom. The fraction of sp³-hybridized carbons (Fsp3) is 0.293. The SMILES string of the molecule is O=C(CN1CC[C@@](CC2=C[CH]2)(C(=O)Nc2ccc3[nH]nc(-c4ccnc(C5CC5)c4)c3c2)C1)N1CC=C(c2ccc(-c3ncccn3)cc2)CC1. The summed E-state index contributed by atoms with van der Waals surface area (Å²) in [4.78, 5) is 45.0. The number of hydrogen-bond donors (Lipinski definition) is 2. The third-order valence-electron chi connectivity index (χ3n) is 10.7. The Hall–Kier alpha value is -5.48. The van der Waals surface area contributed by atoms with Crippen LogP contribution in [0, 0.1) is 11.8 Å². The van der Waals surface area contributed by atoms with Gasteiger partial charge in [0, 0.05) is 78.5 Å². The normalized spacial score (nSPS) is 20.3. The number of hydrogen-bond acceptors (Lipinski definition) is 7. The van der Waals surface area contributed by atoms with Crippen LogP contribution in [0.15, 0.2) is 97.0 Å². The first-order valence-electron chi connectivity index (χ1n) is 17.9. The van der Waals surface area contributed by atoms with Gasteiger partial charge in [0.25, 0.3) is 0 Å². The van der Waals surface area contributed by atoms with Gasteiger partial charge in [0.15, 0.2) is 5.82 Å². The van der Waals surface area contributed by atoms with Gasteiger partial charge in [-0.2, -0.15) is 5.10 Å². The maximum Gasteiger partial charge on any atom is 0.237 e. The number of aromatic nitrogens is 5. The van der Waals surface area contributed by atoms with Gasteiger partial charge in [-0.15, -0.1) is 0 Å². The Bertz CT molecular complexity index is 2190. The molecule has 5 aromatic rings. The predicted octanol–water partition coefficient (Wildman–Crippen LogP) is 6.44. The molecule has 2 N–H and O–H groups in total. The summed E-state index contributed by atoms with van der Waals surface area (Å²) in [7, 11) is 0. The van der Waals surface area contributed by atoms with E-state index in [1.54, 1.807) is 12.4 Å². The molecule has 2 aliphatic carbocycles.